The molecule has 0 radical (unpaired) electrons. The molecule has 2 unspecified atom stereocenters. The van der Waals surface area contributed by atoms with E-state index in [1.165, 1.54) is 31.2 Å². The number of hydrogen-bond donors (Lipinski definition) is 0. The number of rotatable bonds is 5. The molecule has 3 heterocycles. The van der Waals surface area contributed by atoms with Crippen LogP contribution in [-0.2, 0) is 4.79 Å². The van der Waals surface area contributed by atoms with Crippen LogP contribution in [0.2, 0.25) is 0 Å². The molecule has 3 fully saturated rings. The molecule has 1 aromatic heterocycles. The Balaban J connectivity index is 1.35. The zero-order valence-corrected chi connectivity index (χ0v) is 17.1. The number of hydrogen-bond acceptors (Lipinski definition) is 5. The van der Waals surface area contributed by atoms with Gasteiger partial charge in [-0.1, -0.05) is 13.8 Å². The summed E-state index contributed by atoms with van der Waals surface area (Å²) in [5.74, 6) is 2.67. The monoisotopic (exact) mass is 370 g/mol. The molecule has 2 bridgehead atoms. The van der Waals surface area contributed by atoms with Gasteiger partial charge in [-0.25, -0.2) is 9.97 Å². The van der Waals surface area contributed by atoms with Gasteiger partial charge in [-0.3, -0.25) is 4.79 Å². The first kappa shape index (κ1) is 18.9. The zero-order chi connectivity index (χ0) is 19.0. The average Bonchev–Trinajstić information content (AvgIpc) is 2.93. The first-order valence-corrected chi connectivity index (χ1v) is 10.8. The predicted molar refractivity (Wildman–Crippen MR) is 108 cm³/mol. The van der Waals surface area contributed by atoms with E-state index in [0.29, 0.717) is 29.7 Å². The van der Waals surface area contributed by atoms with Crippen molar-refractivity contribution >= 4 is 11.7 Å². The fourth-order valence-electron chi connectivity index (χ4n) is 5.34. The predicted octanol–water partition coefficient (Wildman–Crippen LogP) is 3.65. The molecule has 2 atom stereocenters. The van der Waals surface area contributed by atoms with E-state index < -0.39 is 0 Å². The molecule has 0 N–H and O–H groups in total. The topological polar surface area (TPSA) is 49.3 Å². The highest BCUT2D eigenvalue weighted by Gasteiger charge is 2.40. The fraction of sp³-hybridized carbons (Fsp3) is 0.773. The molecule has 1 aromatic rings. The molecule has 2 aliphatic heterocycles. The summed E-state index contributed by atoms with van der Waals surface area (Å²) in [4.78, 5) is 26.5. The van der Waals surface area contributed by atoms with Crippen LogP contribution < -0.4 is 4.90 Å². The normalized spacial score (nSPS) is 31.5. The number of anilines is 1. The van der Waals surface area contributed by atoms with E-state index >= 15 is 0 Å². The lowest BCUT2D eigenvalue weighted by atomic mass is 9.77. The minimum Gasteiger partial charge on any atom is -0.332 e. The van der Waals surface area contributed by atoms with Crippen LogP contribution in [0.4, 0.5) is 5.95 Å². The quantitative estimate of drug-likeness (QED) is 0.792. The van der Waals surface area contributed by atoms with Crippen molar-refractivity contribution < 1.29 is 4.79 Å². The number of ketones is 1. The van der Waals surface area contributed by atoms with Crippen molar-refractivity contribution in [3.8, 4) is 0 Å². The summed E-state index contributed by atoms with van der Waals surface area (Å²) in [5.41, 5.74) is 1.29. The Bertz CT molecular complexity index is 637. The first-order valence-electron chi connectivity index (χ1n) is 10.8. The Labute approximate surface area is 163 Å². The highest BCUT2D eigenvalue weighted by Crippen LogP contribution is 2.38. The lowest BCUT2D eigenvalue weighted by Gasteiger charge is -2.39. The summed E-state index contributed by atoms with van der Waals surface area (Å²) >= 11 is 0. The Hall–Kier alpha value is -1.49. The van der Waals surface area contributed by atoms with Crippen LogP contribution in [0.5, 0.6) is 0 Å². The van der Waals surface area contributed by atoms with Gasteiger partial charge in [0.25, 0.3) is 0 Å². The number of fused-ring (bicyclic) bond motifs is 2. The van der Waals surface area contributed by atoms with Gasteiger partial charge in [0.1, 0.15) is 5.78 Å². The third-order valence-electron chi connectivity index (χ3n) is 7.01. The third kappa shape index (κ3) is 4.03. The lowest BCUT2D eigenvalue weighted by Crippen LogP contribution is -2.53. The summed E-state index contributed by atoms with van der Waals surface area (Å²) in [7, 11) is 2.22. The lowest BCUT2D eigenvalue weighted by molar-refractivity contribution is -0.123. The second kappa shape index (κ2) is 7.86. The molecule has 148 valence electrons. The van der Waals surface area contributed by atoms with Gasteiger partial charge in [0.05, 0.1) is 0 Å². The first-order chi connectivity index (χ1) is 13.0. The summed E-state index contributed by atoms with van der Waals surface area (Å²) in [6.07, 6.45) is 12.1. The van der Waals surface area contributed by atoms with Gasteiger partial charge in [0.15, 0.2) is 0 Å². The van der Waals surface area contributed by atoms with Crippen LogP contribution in [0.15, 0.2) is 12.4 Å². The zero-order valence-electron chi connectivity index (χ0n) is 17.1. The van der Waals surface area contributed by atoms with E-state index in [1.54, 1.807) is 0 Å². The van der Waals surface area contributed by atoms with Crippen LogP contribution in [-0.4, -0.2) is 52.9 Å². The molecule has 5 heteroatoms. The molecule has 2 saturated heterocycles. The Morgan fingerprint density at radius 3 is 2.19 bits per heavy atom. The minimum atomic E-state index is 0.175. The molecular weight excluding hydrogens is 336 g/mol. The smallest absolute Gasteiger partial charge is 0.225 e. The van der Waals surface area contributed by atoms with Gasteiger partial charge in [0.2, 0.25) is 5.95 Å². The average molecular weight is 371 g/mol. The molecule has 0 amide bonds. The number of aromatic nitrogens is 2. The number of carbonyl (C=O) groups excluding carboxylic acids is 1. The van der Waals surface area contributed by atoms with Gasteiger partial charge in [-0.2, -0.15) is 0 Å². The van der Waals surface area contributed by atoms with Crippen molar-refractivity contribution in [3.05, 3.63) is 18.0 Å². The SMILES string of the molecule is CC(C)C(=O)C[C@H]1CC[C@H](c2cnc(N3C4CCC3CN(C)C4)nc2)CC1. The van der Waals surface area contributed by atoms with E-state index in [2.05, 4.69) is 29.2 Å². The second-order valence-electron chi connectivity index (χ2n) is 9.37. The number of carbonyl (C=O) groups is 1. The van der Waals surface area contributed by atoms with E-state index in [9.17, 15) is 4.79 Å². The van der Waals surface area contributed by atoms with Crippen molar-refractivity contribution in [2.24, 2.45) is 11.8 Å². The highest BCUT2D eigenvalue weighted by molar-refractivity contribution is 5.80. The maximum atomic E-state index is 12.0. The largest absolute Gasteiger partial charge is 0.332 e. The number of piperazine rings is 1. The van der Waals surface area contributed by atoms with E-state index in [1.807, 2.05) is 13.8 Å². The molecule has 1 saturated carbocycles. The third-order valence-corrected chi connectivity index (χ3v) is 7.01. The second-order valence-corrected chi connectivity index (χ2v) is 9.37. The van der Waals surface area contributed by atoms with Crippen LogP contribution in [0.3, 0.4) is 0 Å². The van der Waals surface area contributed by atoms with E-state index in [4.69, 9.17) is 9.97 Å². The van der Waals surface area contributed by atoms with Crippen LogP contribution in [0, 0.1) is 11.8 Å². The van der Waals surface area contributed by atoms with Gasteiger partial charge in [-0.05, 0) is 63.0 Å². The van der Waals surface area contributed by atoms with Crippen molar-refractivity contribution in [2.45, 2.75) is 76.8 Å². The number of nitrogens with zero attached hydrogens (tertiary/aromatic N) is 4. The van der Waals surface area contributed by atoms with Crippen molar-refractivity contribution in [1.29, 1.82) is 0 Å². The molecule has 5 nitrogen and oxygen atoms in total. The number of likely N-dealkylation sites (tertiary alicyclic amines) is 1. The maximum absolute atomic E-state index is 12.0. The molecule has 0 aromatic carbocycles. The van der Waals surface area contributed by atoms with Crippen molar-refractivity contribution in [3.63, 3.8) is 0 Å². The van der Waals surface area contributed by atoms with Gasteiger partial charge in [-0.15, -0.1) is 0 Å². The van der Waals surface area contributed by atoms with E-state index in [0.717, 1.165) is 38.3 Å². The molecule has 3 aliphatic rings. The number of likely N-dealkylation sites (N-methyl/N-ethyl adjacent to an activating group) is 1. The Morgan fingerprint density at radius 1 is 1.04 bits per heavy atom. The fourth-order valence-corrected chi connectivity index (χ4v) is 5.34. The van der Waals surface area contributed by atoms with Crippen molar-refractivity contribution in [2.75, 3.05) is 25.0 Å². The molecule has 4 rings (SSSR count). The van der Waals surface area contributed by atoms with Gasteiger partial charge < -0.3 is 9.80 Å². The Kier molecular flexibility index (Phi) is 5.49. The highest BCUT2D eigenvalue weighted by atomic mass is 16.1. The summed E-state index contributed by atoms with van der Waals surface area (Å²) in [6, 6.07) is 1.15. The van der Waals surface area contributed by atoms with Gasteiger partial charge >= 0.3 is 0 Å². The van der Waals surface area contributed by atoms with Crippen LogP contribution in [0.25, 0.3) is 0 Å². The van der Waals surface area contributed by atoms with Crippen molar-refractivity contribution in [1.82, 2.24) is 14.9 Å². The summed E-state index contributed by atoms with van der Waals surface area (Å²) < 4.78 is 0. The number of Topliss-reactive ketones (excluding diaryl/α,β-unsaturated/α-hetero) is 1. The maximum Gasteiger partial charge on any atom is 0.225 e. The van der Waals surface area contributed by atoms with Crippen LogP contribution in [0.1, 0.15) is 70.3 Å². The Morgan fingerprint density at radius 2 is 1.63 bits per heavy atom. The van der Waals surface area contributed by atoms with Crippen LogP contribution >= 0.6 is 0 Å². The summed E-state index contributed by atoms with van der Waals surface area (Å²) in [5, 5.41) is 0. The molecule has 27 heavy (non-hydrogen) atoms. The molecular formula is C22H34N4O. The molecule has 0 spiro atoms. The molecule has 1 aliphatic carbocycles. The standard InChI is InChI=1S/C22H34N4O/c1-15(2)21(27)10-16-4-6-17(7-5-16)18-11-23-22(24-12-18)26-19-8-9-20(26)14-25(3)13-19/h11-12,15-17,19-20H,4-10,13-14H2,1-3H3/t16-,17-,19?,20?. The van der Waals surface area contributed by atoms with E-state index in [-0.39, 0.29) is 5.92 Å². The summed E-state index contributed by atoms with van der Waals surface area (Å²) in [6.45, 7) is 6.28. The minimum absolute atomic E-state index is 0.175. The van der Waals surface area contributed by atoms with Gasteiger partial charge in [0, 0.05) is 49.9 Å².